The molecular formula is C21H21ClN4O4S. The van der Waals surface area contributed by atoms with Gasteiger partial charge in [0.2, 0.25) is 5.91 Å². The van der Waals surface area contributed by atoms with Gasteiger partial charge in [-0.1, -0.05) is 35.5 Å². The summed E-state index contributed by atoms with van der Waals surface area (Å²) in [5, 5.41) is 12.4. The smallest absolute Gasteiger partial charge is 0.230 e. The van der Waals surface area contributed by atoms with E-state index < -0.39 is 0 Å². The molecule has 8 nitrogen and oxygen atoms in total. The number of benzene rings is 2. The van der Waals surface area contributed by atoms with Crippen molar-refractivity contribution in [3.63, 3.8) is 0 Å². The van der Waals surface area contributed by atoms with Crippen LogP contribution in [0.3, 0.4) is 0 Å². The molecule has 4 rings (SSSR count). The Balaban J connectivity index is 1.21. The zero-order valence-corrected chi connectivity index (χ0v) is 18.4. The highest BCUT2D eigenvalue weighted by atomic mass is 35.5. The minimum atomic E-state index is -0.227. The summed E-state index contributed by atoms with van der Waals surface area (Å²) >= 11 is 7.18. The first-order valence-electron chi connectivity index (χ1n) is 9.63. The van der Waals surface area contributed by atoms with Gasteiger partial charge in [0, 0.05) is 12.1 Å². The molecule has 10 heteroatoms. The number of nitrogens with zero attached hydrogens (tertiary/aromatic N) is 3. The number of halogens is 1. The first kappa shape index (κ1) is 21.3. The number of thioether (sulfide) groups is 1. The normalized spacial score (nSPS) is 14.8. The molecule has 2 heterocycles. The van der Waals surface area contributed by atoms with Gasteiger partial charge < -0.3 is 24.1 Å². The number of carbonyl (C=O) groups is 1. The van der Waals surface area contributed by atoms with Gasteiger partial charge in [-0.25, -0.2) is 0 Å². The van der Waals surface area contributed by atoms with Crippen molar-refractivity contribution in [3.05, 3.63) is 59.4 Å². The number of fused-ring (bicyclic) bond motifs is 1. The molecule has 1 atom stereocenters. The van der Waals surface area contributed by atoms with E-state index in [2.05, 4.69) is 15.5 Å². The molecule has 0 saturated carbocycles. The van der Waals surface area contributed by atoms with E-state index in [1.807, 2.05) is 35.9 Å². The topological polar surface area (TPSA) is 87.5 Å². The molecule has 0 fully saturated rings. The molecule has 0 bridgehead atoms. The van der Waals surface area contributed by atoms with Crippen LogP contribution in [0.5, 0.6) is 17.2 Å². The minimum absolute atomic E-state index is 0.116. The van der Waals surface area contributed by atoms with Gasteiger partial charge in [-0.3, -0.25) is 4.79 Å². The molecule has 1 N–H and O–H groups in total. The number of para-hydroxylation sites is 2. The molecule has 31 heavy (non-hydrogen) atoms. The SMILES string of the molecule is Cn1c(COc2ccc(Cl)cc2)nnc1SCC(=O)NCC1COc2ccccc2O1. The summed E-state index contributed by atoms with van der Waals surface area (Å²) in [6, 6.07) is 14.6. The van der Waals surface area contributed by atoms with E-state index in [4.69, 9.17) is 25.8 Å². The standard InChI is InChI=1S/C21H21ClN4O4S/c1-26-19(12-28-15-8-6-14(22)7-9-15)24-25-21(26)31-13-20(27)23-10-16-11-29-17-4-2-3-5-18(17)30-16/h2-9,16H,10-13H2,1H3,(H,23,27). The molecule has 0 radical (unpaired) electrons. The Morgan fingerprint density at radius 1 is 1.23 bits per heavy atom. The third-order valence-corrected chi connectivity index (χ3v) is 5.81. The lowest BCUT2D eigenvalue weighted by atomic mass is 10.2. The number of hydrogen-bond donors (Lipinski definition) is 1. The molecule has 2 aromatic carbocycles. The Bertz CT molecular complexity index is 1040. The molecule has 1 unspecified atom stereocenters. The number of amides is 1. The van der Waals surface area contributed by atoms with Gasteiger partial charge in [-0.05, 0) is 36.4 Å². The Labute approximate surface area is 188 Å². The lowest BCUT2D eigenvalue weighted by Gasteiger charge is -2.26. The second kappa shape index (κ2) is 9.93. The Hall–Kier alpha value is -2.91. The predicted molar refractivity (Wildman–Crippen MR) is 117 cm³/mol. The van der Waals surface area contributed by atoms with E-state index in [0.717, 1.165) is 5.75 Å². The summed E-state index contributed by atoms with van der Waals surface area (Å²) in [6.07, 6.45) is -0.227. The summed E-state index contributed by atoms with van der Waals surface area (Å²) in [4.78, 5) is 12.2. The van der Waals surface area contributed by atoms with Gasteiger partial charge in [0.25, 0.3) is 0 Å². The molecule has 0 spiro atoms. The van der Waals surface area contributed by atoms with Gasteiger partial charge in [0.15, 0.2) is 22.5 Å². The molecular weight excluding hydrogens is 440 g/mol. The lowest BCUT2D eigenvalue weighted by molar-refractivity contribution is -0.119. The van der Waals surface area contributed by atoms with Crippen molar-refractivity contribution in [3.8, 4) is 17.2 Å². The largest absolute Gasteiger partial charge is 0.486 e. The first-order chi connectivity index (χ1) is 15.1. The highest BCUT2D eigenvalue weighted by Crippen LogP contribution is 2.30. The third kappa shape index (κ3) is 5.62. The van der Waals surface area contributed by atoms with Crippen LogP contribution in [0, 0.1) is 0 Å². The number of rotatable bonds is 8. The Morgan fingerprint density at radius 2 is 2.00 bits per heavy atom. The van der Waals surface area contributed by atoms with Crippen LogP contribution in [0.2, 0.25) is 5.02 Å². The van der Waals surface area contributed by atoms with Crippen LogP contribution in [-0.4, -0.2) is 45.7 Å². The molecule has 1 aromatic heterocycles. The maximum Gasteiger partial charge on any atom is 0.230 e. The molecule has 0 aliphatic carbocycles. The second-order valence-corrected chi connectivity index (χ2v) is 8.17. The molecule has 1 aliphatic heterocycles. The lowest BCUT2D eigenvalue weighted by Crippen LogP contribution is -2.41. The highest BCUT2D eigenvalue weighted by molar-refractivity contribution is 7.99. The van der Waals surface area contributed by atoms with E-state index in [-0.39, 0.29) is 24.4 Å². The maximum atomic E-state index is 12.2. The number of aromatic nitrogens is 3. The van der Waals surface area contributed by atoms with Crippen LogP contribution >= 0.6 is 23.4 Å². The second-order valence-electron chi connectivity index (χ2n) is 6.79. The zero-order valence-electron chi connectivity index (χ0n) is 16.8. The highest BCUT2D eigenvalue weighted by Gasteiger charge is 2.21. The summed E-state index contributed by atoms with van der Waals surface area (Å²) in [5.41, 5.74) is 0. The van der Waals surface area contributed by atoms with Gasteiger partial charge in [-0.15, -0.1) is 10.2 Å². The van der Waals surface area contributed by atoms with Gasteiger partial charge in [0.1, 0.15) is 25.1 Å². The third-order valence-electron chi connectivity index (χ3n) is 4.53. The summed E-state index contributed by atoms with van der Waals surface area (Å²) in [6.45, 7) is 1.02. The quantitative estimate of drug-likeness (QED) is 0.517. The fraction of sp³-hybridized carbons (Fsp3) is 0.286. The number of carbonyl (C=O) groups excluding carboxylic acids is 1. The predicted octanol–water partition coefficient (Wildman–Crippen LogP) is 3.10. The van der Waals surface area contributed by atoms with Crippen LogP contribution < -0.4 is 19.5 Å². The molecule has 0 saturated heterocycles. The van der Waals surface area contributed by atoms with Crippen molar-refractivity contribution in [2.24, 2.45) is 7.05 Å². The van der Waals surface area contributed by atoms with E-state index in [1.165, 1.54) is 11.8 Å². The average Bonchev–Trinajstić information content (AvgIpc) is 3.15. The maximum absolute atomic E-state index is 12.2. The molecule has 1 amide bonds. The van der Waals surface area contributed by atoms with Crippen molar-refractivity contribution >= 4 is 29.3 Å². The fourth-order valence-corrected chi connectivity index (χ4v) is 3.73. The van der Waals surface area contributed by atoms with Crippen LogP contribution in [0.4, 0.5) is 0 Å². The van der Waals surface area contributed by atoms with Crippen molar-refractivity contribution < 1.29 is 19.0 Å². The summed E-state index contributed by atoms with van der Waals surface area (Å²) in [7, 11) is 1.84. The number of hydrogen-bond acceptors (Lipinski definition) is 7. The van der Waals surface area contributed by atoms with E-state index >= 15 is 0 Å². The zero-order chi connectivity index (χ0) is 21.6. The first-order valence-corrected chi connectivity index (χ1v) is 11.0. The molecule has 162 valence electrons. The van der Waals surface area contributed by atoms with Crippen LogP contribution in [0.1, 0.15) is 5.82 Å². The van der Waals surface area contributed by atoms with Crippen molar-refractivity contribution in [2.75, 3.05) is 18.9 Å². The number of ether oxygens (including phenoxy) is 3. The van der Waals surface area contributed by atoms with Gasteiger partial charge in [-0.2, -0.15) is 0 Å². The Morgan fingerprint density at radius 3 is 2.81 bits per heavy atom. The minimum Gasteiger partial charge on any atom is -0.486 e. The van der Waals surface area contributed by atoms with Crippen LogP contribution in [0.25, 0.3) is 0 Å². The Kier molecular flexibility index (Phi) is 6.83. The number of nitrogens with one attached hydrogen (secondary N) is 1. The van der Waals surface area contributed by atoms with Gasteiger partial charge >= 0.3 is 0 Å². The van der Waals surface area contributed by atoms with E-state index in [0.29, 0.717) is 40.7 Å². The van der Waals surface area contributed by atoms with Crippen LogP contribution in [-0.2, 0) is 18.4 Å². The fourth-order valence-electron chi connectivity index (χ4n) is 2.85. The van der Waals surface area contributed by atoms with E-state index in [1.54, 1.807) is 24.3 Å². The molecule has 1 aliphatic rings. The molecule has 3 aromatic rings. The monoisotopic (exact) mass is 460 g/mol. The van der Waals surface area contributed by atoms with Crippen molar-refractivity contribution in [1.82, 2.24) is 20.1 Å². The van der Waals surface area contributed by atoms with Crippen molar-refractivity contribution in [1.29, 1.82) is 0 Å². The average molecular weight is 461 g/mol. The summed E-state index contributed by atoms with van der Waals surface area (Å²) < 4.78 is 19.0. The summed E-state index contributed by atoms with van der Waals surface area (Å²) in [5.74, 6) is 2.86. The van der Waals surface area contributed by atoms with Crippen molar-refractivity contribution in [2.45, 2.75) is 17.9 Å². The van der Waals surface area contributed by atoms with Gasteiger partial charge in [0.05, 0.1) is 12.3 Å². The van der Waals surface area contributed by atoms with E-state index in [9.17, 15) is 4.79 Å². The van der Waals surface area contributed by atoms with Crippen LogP contribution in [0.15, 0.2) is 53.7 Å².